The number of benzene rings is 1. The smallest absolute Gasteiger partial charge is 0.269 e. The molecule has 2 N–H and O–H groups in total. The van der Waals surface area contributed by atoms with Crippen LogP contribution in [0, 0.1) is 5.92 Å². The van der Waals surface area contributed by atoms with E-state index in [0.717, 1.165) is 54.1 Å². The lowest BCUT2D eigenvalue weighted by atomic mass is 10.0. The molecule has 1 saturated heterocycles. The minimum absolute atomic E-state index is 0.218. The second-order valence-corrected chi connectivity index (χ2v) is 9.99. The van der Waals surface area contributed by atoms with E-state index in [9.17, 15) is 9.59 Å². The van der Waals surface area contributed by atoms with Gasteiger partial charge in [0.1, 0.15) is 17.2 Å². The zero-order chi connectivity index (χ0) is 23.5. The van der Waals surface area contributed by atoms with Crippen LogP contribution in [0.1, 0.15) is 49.0 Å². The van der Waals surface area contributed by atoms with E-state index in [1.54, 1.807) is 36.7 Å². The number of hydrogen-bond acceptors (Lipinski definition) is 7. The fourth-order valence-corrected chi connectivity index (χ4v) is 5.77. The highest BCUT2D eigenvalue weighted by molar-refractivity contribution is 7.22. The van der Waals surface area contributed by atoms with Crippen molar-refractivity contribution >= 4 is 38.5 Å². The lowest BCUT2D eigenvalue weighted by Crippen LogP contribution is -2.46. The predicted octanol–water partition coefficient (Wildman–Crippen LogP) is 4.44. The molecule has 1 saturated carbocycles. The molecule has 34 heavy (non-hydrogen) atoms. The normalized spacial score (nSPS) is 18.7. The number of nitrogens with one attached hydrogen (secondary N) is 2. The second kappa shape index (κ2) is 9.97. The van der Waals surface area contributed by atoms with Crippen LogP contribution in [-0.2, 0) is 4.79 Å². The average Bonchev–Trinajstić information content (AvgIpc) is 3.53. The van der Waals surface area contributed by atoms with Crippen molar-refractivity contribution in [2.75, 3.05) is 25.5 Å². The van der Waals surface area contributed by atoms with Gasteiger partial charge >= 0.3 is 0 Å². The third kappa shape index (κ3) is 4.99. The fourth-order valence-electron chi connectivity index (χ4n) is 4.79. The molecule has 2 aliphatic rings. The molecular formula is C25H29N5O3S. The zero-order valence-electron chi connectivity index (χ0n) is 19.3. The first-order valence-corrected chi connectivity index (χ1v) is 12.7. The molecule has 0 radical (unpaired) electrons. The van der Waals surface area contributed by atoms with Gasteiger partial charge in [-0.05, 0) is 43.9 Å². The first-order valence-electron chi connectivity index (χ1n) is 11.9. The Hall–Kier alpha value is -3.20. The number of amides is 2. The largest absolute Gasteiger partial charge is 0.457 e. The molecule has 1 atom stereocenters. The quantitative estimate of drug-likeness (QED) is 0.543. The monoisotopic (exact) mass is 479 g/mol. The van der Waals surface area contributed by atoms with Crippen LogP contribution in [0.2, 0.25) is 0 Å². The first kappa shape index (κ1) is 22.6. The van der Waals surface area contributed by atoms with Crippen molar-refractivity contribution in [3.05, 3.63) is 42.2 Å². The first-order chi connectivity index (χ1) is 16.6. The van der Waals surface area contributed by atoms with Crippen molar-refractivity contribution in [2.24, 2.45) is 5.92 Å². The number of carbonyl (C=O) groups is 2. The summed E-state index contributed by atoms with van der Waals surface area (Å²) in [5.41, 5.74) is 1.20. The Balaban J connectivity index is 1.25. The molecule has 2 aromatic heterocycles. The predicted molar refractivity (Wildman–Crippen MR) is 133 cm³/mol. The van der Waals surface area contributed by atoms with Gasteiger partial charge < -0.3 is 20.3 Å². The van der Waals surface area contributed by atoms with E-state index in [1.165, 1.54) is 12.8 Å². The van der Waals surface area contributed by atoms with E-state index in [-0.39, 0.29) is 17.9 Å². The fraction of sp³-hybridized carbons (Fsp3) is 0.440. The molecular weight excluding hydrogens is 450 g/mol. The summed E-state index contributed by atoms with van der Waals surface area (Å²) < 4.78 is 6.97. The Morgan fingerprint density at radius 2 is 1.91 bits per heavy atom. The van der Waals surface area contributed by atoms with Crippen LogP contribution < -0.4 is 15.4 Å². The molecule has 0 spiro atoms. The SMILES string of the molecule is CNC(=O)c1cc(Oc2ccc3nc(N[C@H]4CCCN(C(=O)C5CCCC5)C4)sc3c2)ccn1. The number of piperidine rings is 1. The maximum Gasteiger partial charge on any atom is 0.269 e. The molecule has 178 valence electrons. The third-order valence-corrected chi connectivity index (χ3v) is 7.50. The van der Waals surface area contributed by atoms with Crippen molar-refractivity contribution in [1.82, 2.24) is 20.2 Å². The minimum Gasteiger partial charge on any atom is -0.457 e. The van der Waals surface area contributed by atoms with Crippen LogP contribution in [0.3, 0.4) is 0 Å². The molecule has 1 aliphatic heterocycles. The molecule has 3 heterocycles. The van der Waals surface area contributed by atoms with Gasteiger partial charge in [-0.2, -0.15) is 0 Å². The molecule has 2 amide bonds. The van der Waals surface area contributed by atoms with Gasteiger partial charge in [-0.15, -0.1) is 0 Å². The molecule has 5 rings (SSSR count). The van der Waals surface area contributed by atoms with Crippen LogP contribution >= 0.6 is 11.3 Å². The Bertz CT molecular complexity index is 1190. The van der Waals surface area contributed by atoms with Gasteiger partial charge in [0.2, 0.25) is 5.91 Å². The molecule has 8 nitrogen and oxygen atoms in total. The lowest BCUT2D eigenvalue weighted by molar-refractivity contribution is -0.136. The molecule has 1 aliphatic carbocycles. The number of pyridine rings is 1. The van der Waals surface area contributed by atoms with Gasteiger partial charge in [-0.1, -0.05) is 24.2 Å². The van der Waals surface area contributed by atoms with Crippen molar-refractivity contribution in [3.8, 4) is 11.5 Å². The zero-order valence-corrected chi connectivity index (χ0v) is 20.1. The highest BCUT2D eigenvalue weighted by Crippen LogP contribution is 2.33. The van der Waals surface area contributed by atoms with Crippen molar-refractivity contribution in [3.63, 3.8) is 0 Å². The van der Waals surface area contributed by atoms with Crippen LogP contribution in [0.15, 0.2) is 36.5 Å². The third-order valence-electron chi connectivity index (χ3n) is 6.55. The number of likely N-dealkylation sites (tertiary alicyclic amines) is 1. The Labute approximate surface area is 202 Å². The number of aromatic nitrogens is 2. The summed E-state index contributed by atoms with van der Waals surface area (Å²) in [6.45, 7) is 1.61. The van der Waals surface area contributed by atoms with Gasteiger partial charge in [0.25, 0.3) is 5.91 Å². The topological polar surface area (TPSA) is 96.5 Å². The summed E-state index contributed by atoms with van der Waals surface area (Å²) in [6, 6.07) is 9.31. The number of thiazole rings is 1. The summed E-state index contributed by atoms with van der Waals surface area (Å²) in [6.07, 6.45) is 8.06. The summed E-state index contributed by atoms with van der Waals surface area (Å²) in [5, 5.41) is 6.98. The van der Waals surface area contributed by atoms with E-state index in [4.69, 9.17) is 9.72 Å². The second-order valence-electron chi connectivity index (χ2n) is 8.96. The number of ether oxygens (including phenoxy) is 1. The number of rotatable bonds is 6. The number of fused-ring (bicyclic) bond motifs is 1. The highest BCUT2D eigenvalue weighted by atomic mass is 32.1. The standard InChI is InChI=1S/C25H29N5O3S/c1-26-23(31)21-13-19(10-11-27-21)33-18-8-9-20-22(14-18)34-25(29-20)28-17-7-4-12-30(15-17)24(32)16-5-2-3-6-16/h8-11,13-14,16-17H,2-7,12,15H2,1H3,(H,26,31)(H,28,29)/t17-/m0/s1. The minimum atomic E-state index is -0.259. The van der Waals surface area contributed by atoms with Crippen LogP contribution in [-0.4, -0.2) is 52.9 Å². The number of nitrogens with zero attached hydrogens (tertiary/aromatic N) is 3. The summed E-state index contributed by atoms with van der Waals surface area (Å²) in [5.74, 6) is 1.52. The van der Waals surface area contributed by atoms with E-state index < -0.39 is 0 Å². The highest BCUT2D eigenvalue weighted by Gasteiger charge is 2.30. The number of anilines is 1. The molecule has 0 unspecified atom stereocenters. The number of carbonyl (C=O) groups excluding carboxylic acids is 2. The molecule has 2 fully saturated rings. The maximum absolute atomic E-state index is 12.8. The van der Waals surface area contributed by atoms with Crippen LogP contribution in [0.4, 0.5) is 5.13 Å². The molecule has 9 heteroatoms. The van der Waals surface area contributed by atoms with E-state index in [0.29, 0.717) is 23.1 Å². The Morgan fingerprint density at radius 3 is 2.74 bits per heavy atom. The molecule has 0 bridgehead atoms. The number of hydrogen-bond donors (Lipinski definition) is 2. The summed E-state index contributed by atoms with van der Waals surface area (Å²) >= 11 is 1.58. The van der Waals surface area contributed by atoms with Crippen LogP contribution in [0.5, 0.6) is 11.5 Å². The Kier molecular flexibility index (Phi) is 6.62. The van der Waals surface area contributed by atoms with E-state index in [1.807, 2.05) is 18.2 Å². The summed E-state index contributed by atoms with van der Waals surface area (Å²) in [4.78, 5) is 35.5. The molecule has 3 aromatic rings. The summed E-state index contributed by atoms with van der Waals surface area (Å²) in [7, 11) is 1.57. The van der Waals surface area contributed by atoms with Crippen molar-refractivity contribution < 1.29 is 14.3 Å². The van der Waals surface area contributed by atoms with Gasteiger partial charge in [0.15, 0.2) is 5.13 Å². The van der Waals surface area contributed by atoms with Gasteiger partial charge in [0.05, 0.1) is 10.2 Å². The van der Waals surface area contributed by atoms with Gasteiger partial charge in [-0.25, -0.2) is 4.98 Å². The molecule has 1 aromatic carbocycles. The van der Waals surface area contributed by atoms with E-state index >= 15 is 0 Å². The Morgan fingerprint density at radius 1 is 1.09 bits per heavy atom. The maximum atomic E-state index is 12.8. The van der Waals surface area contributed by atoms with Gasteiger partial charge in [-0.3, -0.25) is 14.6 Å². The van der Waals surface area contributed by atoms with Crippen molar-refractivity contribution in [1.29, 1.82) is 0 Å². The van der Waals surface area contributed by atoms with Crippen LogP contribution in [0.25, 0.3) is 10.2 Å². The average molecular weight is 480 g/mol. The van der Waals surface area contributed by atoms with Crippen molar-refractivity contribution in [2.45, 2.75) is 44.6 Å². The van der Waals surface area contributed by atoms with E-state index in [2.05, 4.69) is 20.5 Å². The van der Waals surface area contributed by atoms with Gasteiger partial charge in [0, 0.05) is 50.4 Å². The lowest BCUT2D eigenvalue weighted by Gasteiger charge is -2.34.